The minimum atomic E-state index is -0.705. The van der Waals surface area contributed by atoms with E-state index in [2.05, 4.69) is 10.6 Å². The number of benzene rings is 2. The Morgan fingerprint density at radius 2 is 1.71 bits per heavy atom. The Bertz CT molecular complexity index is 701. The van der Waals surface area contributed by atoms with E-state index in [1.165, 1.54) is 18.2 Å². The van der Waals surface area contributed by atoms with E-state index < -0.39 is 17.8 Å². The maximum Gasteiger partial charge on any atom is 0.316 e. The Hall–Kier alpha value is -2.89. The first-order valence-corrected chi connectivity index (χ1v) is 6.20. The molecule has 6 heteroatoms. The second-order valence-electron chi connectivity index (χ2n) is 4.51. The minimum Gasteiger partial charge on any atom is -0.351 e. The third kappa shape index (κ3) is 3.79. The van der Waals surface area contributed by atoms with Gasteiger partial charge in [0.2, 0.25) is 0 Å². The van der Waals surface area contributed by atoms with Gasteiger partial charge in [-0.3, -0.25) is 4.79 Å². The highest BCUT2D eigenvalue weighted by Gasteiger charge is 2.12. The summed E-state index contributed by atoms with van der Waals surface area (Å²) in [5.74, 6) is -1.16. The highest BCUT2D eigenvalue weighted by molar-refractivity contribution is 6.05. The molecule has 5 nitrogen and oxygen atoms in total. The van der Waals surface area contributed by atoms with E-state index in [0.717, 1.165) is 5.56 Å². The van der Waals surface area contributed by atoms with Crippen molar-refractivity contribution in [3.63, 3.8) is 0 Å². The fourth-order valence-corrected chi connectivity index (χ4v) is 1.83. The molecule has 3 amide bonds. The van der Waals surface area contributed by atoms with E-state index in [9.17, 15) is 14.0 Å². The molecule has 2 aromatic carbocycles. The van der Waals surface area contributed by atoms with Crippen LogP contribution in [0.3, 0.4) is 0 Å². The van der Waals surface area contributed by atoms with Crippen LogP contribution in [0.4, 0.5) is 20.6 Å². The molecule has 0 aliphatic rings. The van der Waals surface area contributed by atoms with Crippen LogP contribution in [0.1, 0.15) is 15.9 Å². The van der Waals surface area contributed by atoms with Crippen LogP contribution < -0.4 is 16.4 Å². The summed E-state index contributed by atoms with van der Waals surface area (Å²) in [5.41, 5.74) is 6.62. The molecule has 0 radical (unpaired) electrons. The van der Waals surface area contributed by atoms with E-state index >= 15 is 0 Å². The van der Waals surface area contributed by atoms with Crippen LogP contribution >= 0.6 is 0 Å². The van der Waals surface area contributed by atoms with E-state index in [1.54, 1.807) is 31.2 Å². The summed E-state index contributed by atoms with van der Waals surface area (Å²) in [7, 11) is 0. The molecular weight excluding hydrogens is 273 g/mol. The first kappa shape index (κ1) is 14.5. The number of primary amides is 1. The van der Waals surface area contributed by atoms with Crippen molar-refractivity contribution in [3.8, 4) is 0 Å². The number of amides is 3. The lowest BCUT2D eigenvalue weighted by atomic mass is 10.1. The first-order chi connectivity index (χ1) is 9.95. The van der Waals surface area contributed by atoms with Crippen molar-refractivity contribution in [1.82, 2.24) is 0 Å². The monoisotopic (exact) mass is 287 g/mol. The fraction of sp³-hybridized carbons (Fsp3) is 0.0667. The van der Waals surface area contributed by atoms with Crippen LogP contribution in [-0.2, 0) is 0 Å². The maximum atomic E-state index is 13.6. The molecule has 0 aliphatic carbocycles. The number of anilines is 2. The standard InChI is InChI=1S/C15H14FN3O2/c1-9-5-6-13(16)12(7-9)14(20)18-10-3-2-4-11(8-10)19-15(17)21/h2-8H,1H3,(H,18,20)(H3,17,19,21). The van der Waals surface area contributed by atoms with Crippen LogP contribution in [0, 0.1) is 12.7 Å². The molecular formula is C15H14FN3O2. The number of urea groups is 1. The quantitative estimate of drug-likeness (QED) is 0.811. The number of carbonyl (C=O) groups excluding carboxylic acids is 2. The van der Waals surface area contributed by atoms with Crippen molar-refractivity contribution in [2.75, 3.05) is 10.6 Å². The number of halogens is 1. The Kier molecular flexibility index (Phi) is 4.18. The van der Waals surface area contributed by atoms with Gasteiger partial charge in [0.1, 0.15) is 5.82 Å². The number of hydrogen-bond donors (Lipinski definition) is 3. The molecule has 0 saturated carbocycles. The first-order valence-electron chi connectivity index (χ1n) is 6.20. The molecule has 0 unspecified atom stereocenters. The van der Waals surface area contributed by atoms with Gasteiger partial charge in [-0.2, -0.15) is 0 Å². The Morgan fingerprint density at radius 1 is 1.05 bits per heavy atom. The van der Waals surface area contributed by atoms with E-state index in [1.807, 2.05) is 0 Å². The van der Waals surface area contributed by atoms with Crippen LogP contribution in [0.2, 0.25) is 0 Å². The van der Waals surface area contributed by atoms with E-state index in [4.69, 9.17) is 5.73 Å². The molecule has 4 N–H and O–H groups in total. The third-order valence-electron chi connectivity index (χ3n) is 2.75. The number of hydrogen-bond acceptors (Lipinski definition) is 2. The second-order valence-corrected chi connectivity index (χ2v) is 4.51. The zero-order chi connectivity index (χ0) is 15.4. The summed E-state index contributed by atoms with van der Waals surface area (Å²) < 4.78 is 13.6. The smallest absolute Gasteiger partial charge is 0.316 e. The van der Waals surface area contributed by atoms with Crippen molar-refractivity contribution in [3.05, 3.63) is 59.4 Å². The lowest BCUT2D eigenvalue weighted by Crippen LogP contribution is -2.19. The predicted molar refractivity (Wildman–Crippen MR) is 78.7 cm³/mol. The normalized spacial score (nSPS) is 10.0. The molecule has 0 fully saturated rings. The van der Waals surface area contributed by atoms with Crippen LogP contribution in [0.15, 0.2) is 42.5 Å². The van der Waals surface area contributed by atoms with Crippen LogP contribution in [0.25, 0.3) is 0 Å². The highest BCUT2D eigenvalue weighted by atomic mass is 19.1. The number of carbonyl (C=O) groups is 2. The summed E-state index contributed by atoms with van der Waals surface area (Å²) >= 11 is 0. The summed E-state index contributed by atoms with van der Waals surface area (Å²) in [4.78, 5) is 22.8. The summed E-state index contributed by atoms with van der Waals surface area (Å²) in [6.45, 7) is 1.77. The van der Waals surface area contributed by atoms with Gasteiger partial charge in [0.15, 0.2) is 0 Å². The van der Waals surface area contributed by atoms with Crippen molar-refractivity contribution in [1.29, 1.82) is 0 Å². The van der Waals surface area contributed by atoms with Crippen LogP contribution in [0.5, 0.6) is 0 Å². The van der Waals surface area contributed by atoms with Crippen LogP contribution in [-0.4, -0.2) is 11.9 Å². The van der Waals surface area contributed by atoms with Gasteiger partial charge in [-0.25, -0.2) is 9.18 Å². The Labute approximate surface area is 121 Å². The highest BCUT2D eigenvalue weighted by Crippen LogP contribution is 2.17. The molecule has 2 rings (SSSR count). The summed E-state index contributed by atoms with van der Waals surface area (Å²) in [6.07, 6.45) is 0. The topological polar surface area (TPSA) is 84.2 Å². The second kappa shape index (κ2) is 6.04. The molecule has 0 atom stereocenters. The average molecular weight is 287 g/mol. The number of nitrogens with two attached hydrogens (primary N) is 1. The minimum absolute atomic E-state index is 0.0386. The van der Waals surface area contributed by atoms with Gasteiger partial charge in [0.05, 0.1) is 5.56 Å². The van der Waals surface area contributed by atoms with Gasteiger partial charge >= 0.3 is 6.03 Å². The fourth-order valence-electron chi connectivity index (χ4n) is 1.83. The molecule has 0 saturated heterocycles. The van der Waals surface area contributed by atoms with Crippen molar-refractivity contribution >= 4 is 23.3 Å². The number of nitrogens with one attached hydrogen (secondary N) is 2. The number of rotatable bonds is 3. The van der Waals surface area contributed by atoms with Gasteiger partial charge in [-0.1, -0.05) is 17.7 Å². The van der Waals surface area contributed by atoms with Crippen molar-refractivity contribution in [2.45, 2.75) is 6.92 Å². The zero-order valence-electron chi connectivity index (χ0n) is 11.3. The molecule has 108 valence electrons. The molecule has 0 bridgehead atoms. The zero-order valence-corrected chi connectivity index (χ0v) is 11.3. The van der Waals surface area contributed by atoms with Gasteiger partial charge in [-0.15, -0.1) is 0 Å². The lowest BCUT2D eigenvalue weighted by molar-refractivity contribution is 0.102. The molecule has 0 aromatic heterocycles. The van der Waals surface area contributed by atoms with Gasteiger partial charge in [-0.05, 0) is 37.3 Å². The third-order valence-corrected chi connectivity index (χ3v) is 2.75. The Morgan fingerprint density at radius 3 is 2.38 bits per heavy atom. The van der Waals surface area contributed by atoms with Crippen molar-refractivity contribution in [2.24, 2.45) is 5.73 Å². The van der Waals surface area contributed by atoms with E-state index in [-0.39, 0.29) is 5.56 Å². The largest absolute Gasteiger partial charge is 0.351 e. The van der Waals surface area contributed by atoms with Gasteiger partial charge < -0.3 is 16.4 Å². The lowest BCUT2D eigenvalue weighted by Gasteiger charge is -2.09. The molecule has 21 heavy (non-hydrogen) atoms. The predicted octanol–water partition coefficient (Wildman–Crippen LogP) is 2.88. The summed E-state index contributed by atoms with van der Waals surface area (Å²) in [5, 5.41) is 4.96. The maximum absolute atomic E-state index is 13.6. The van der Waals surface area contributed by atoms with Gasteiger partial charge in [0.25, 0.3) is 5.91 Å². The Balaban J connectivity index is 2.19. The van der Waals surface area contributed by atoms with Crippen molar-refractivity contribution < 1.29 is 14.0 Å². The summed E-state index contributed by atoms with van der Waals surface area (Å²) in [6, 6.07) is 9.99. The average Bonchev–Trinajstić information content (AvgIpc) is 2.41. The molecule has 0 aliphatic heterocycles. The van der Waals surface area contributed by atoms with Gasteiger partial charge in [0, 0.05) is 11.4 Å². The molecule has 0 heterocycles. The number of aryl methyl sites for hydroxylation is 1. The molecule has 2 aromatic rings. The molecule has 0 spiro atoms. The van der Waals surface area contributed by atoms with E-state index in [0.29, 0.717) is 11.4 Å². The SMILES string of the molecule is Cc1ccc(F)c(C(=O)Nc2cccc(NC(N)=O)c2)c1.